The van der Waals surface area contributed by atoms with E-state index in [1.54, 1.807) is 6.20 Å². The van der Waals surface area contributed by atoms with Crippen molar-refractivity contribution < 1.29 is 19.5 Å². The lowest BCUT2D eigenvalue weighted by atomic mass is 9.89. The Morgan fingerprint density at radius 2 is 1.57 bits per heavy atom. The minimum atomic E-state index is -1.19. The van der Waals surface area contributed by atoms with Crippen molar-refractivity contribution >= 4 is 34.6 Å². The Hall–Kier alpha value is -5.25. The minimum Gasteiger partial charge on any atom is -0.480 e. The van der Waals surface area contributed by atoms with Crippen LogP contribution in [0.15, 0.2) is 102 Å². The van der Waals surface area contributed by atoms with Crippen LogP contribution in [0, 0.1) is 0 Å². The maximum absolute atomic E-state index is 14.7. The van der Waals surface area contributed by atoms with Crippen molar-refractivity contribution in [3.05, 3.63) is 114 Å². The monoisotopic (exact) mass is 566 g/mol. The van der Waals surface area contributed by atoms with Crippen LogP contribution in [0.25, 0.3) is 10.9 Å². The molecule has 1 atom stereocenters. The lowest BCUT2D eigenvalue weighted by Gasteiger charge is -2.34. The Bertz CT molecular complexity index is 1500. The summed E-state index contributed by atoms with van der Waals surface area (Å²) in [6.07, 6.45) is 2.30. The number of pyridine rings is 1. The maximum Gasteiger partial charge on any atom is 0.322 e. The van der Waals surface area contributed by atoms with Gasteiger partial charge in [-0.3, -0.25) is 24.4 Å². The molecule has 216 valence electrons. The van der Waals surface area contributed by atoms with E-state index in [-0.39, 0.29) is 31.4 Å². The number of hydrogen-bond acceptors (Lipinski definition) is 5. The first-order valence-electron chi connectivity index (χ1n) is 13.6. The van der Waals surface area contributed by atoms with E-state index < -0.39 is 30.4 Å². The van der Waals surface area contributed by atoms with Gasteiger partial charge >= 0.3 is 5.97 Å². The van der Waals surface area contributed by atoms with Crippen LogP contribution in [-0.2, 0) is 20.9 Å². The van der Waals surface area contributed by atoms with Gasteiger partial charge in [-0.15, -0.1) is 0 Å². The van der Waals surface area contributed by atoms with Crippen molar-refractivity contribution in [3.8, 4) is 0 Å². The van der Waals surface area contributed by atoms with Gasteiger partial charge in [-0.1, -0.05) is 72.8 Å². The highest BCUT2D eigenvalue weighted by Gasteiger charge is 2.35. The maximum atomic E-state index is 14.7. The fraction of sp³-hybridized carbons (Fsp3) is 0.219. The summed E-state index contributed by atoms with van der Waals surface area (Å²) in [5, 5.41) is 12.6. The molecule has 2 amide bonds. The summed E-state index contributed by atoms with van der Waals surface area (Å²) in [5.41, 5.74) is 14.1. The molecule has 42 heavy (non-hydrogen) atoms. The molecule has 10 nitrogen and oxygen atoms in total. The molecule has 6 N–H and O–H groups in total. The second-order valence-electron chi connectivity index (χ2n) is 9.83. The lowest BCUT2D eigenvalue weighted by Crippen LogP contribution is -2.51. The van der Waals surface area contributed by atoms with Crippen molar-refractivity contribution in [1.29, 1.82) is 0 Å². The van der Waals surface area contributed by atoms with Crippen LogP contribution in [0.3, 0.4) is 0 Å². The zero-order valence-electron chi connectivity index (χ0n) is 23.1. The predicted octanol–water partition coefficient (Wildman–Crippen LogP) is 3.02. The normalized spacial score (nSPS) is 11.5. The number of carboxylic acids is 1. The zero-order chi connectivity index (χ0) is 29.9. The van der Waals surface area contributed by atoms with Crippen molar-refractivity contribution in [2.75, 3.05) is 13.1 Å². The van der Waals surface area contributed by atoms with Gasteiger partial charge in [0.05, 0.1) is 11.4 Å². The van der Waals surface area contributed by atoms with Crippen LogP contribution in [0.5, 0.6) is 0 Å². The molecule has 1 aromatic heterocycles. The number of aliphatic carboxylic acids is 1. The molecule has 0 spiro atoms. The molecule has 0 aliphatic carbocycles. The molecule has 0 saturated carbocycles. The van der Waals surface area contributed by atoms with E-state index in [0.29, 0.717) is 6.42 Å². The molecule has 3 aromatic carbocycles. The highest BCUT2D eigenvalue weighted by atomic mass is 16.4. The second kappa shape index (κ2) is 14.4. The number of nitrogens with one attached hydrogen (secondary N) is 1. The van der Waals surface area contributed by atoms with E-state index in [0.717, 1.165) is 27.6 Å². The molecule has 4 aromatic rings. The molecule has 0 radical (unpaired) electrons. The Balaban J connectivity index is 1.79. The summed E-state index contributed by atoms with van der Waals surface area (Å²) >= 11 is 0. The first-order valence-corrected chi connectivity index (χ1v) is 13.6. The molecule has 0 saturated heterocycles. The molecule has 4 rings (SSSR count). The summed E-state index contributed by atoms with van der Waals surface area (Å²) in [4.78, 5) is 49.5. The van der Waals surface area contributed by atoms with Gasteiger partial charge in [-0.25, -0.2) is 0 Å². The smallest absolute Gasteiger partial charge is 0.322 e. The van der Waals surface area contributed by atoms with Gasteiger partial charge in [0.2, 0.25) is 11.8 Å². The number of fused-ring (bicyclic) bond motifs is 1. The number of benzene rings is 3. The van der Waals surface area contributed by atoms with Gasteiger partial charge in [0.25, 0.3) is 0 Å². The number of amides is 2. The topological polar surface area (TPSA) is 164 Å². The van der Waals surface area contributed by atoms with E-state index >= 15 is 0 Å². The number of nitrogens with two attached hydrogens (primary N) is 2. The number of carboxylic acid groups (broad SMARTS) is 1. The number of carbonyl (C=O) groups excluding carboxylic acids is 2. The lowest BCUT2D eigenvalue weighted by molar-refractivity contribution is -0.143. The number of aromatic nitrogens is 1. The van der Waals surface area contributed by atoms with Crippen LogP contribution in [0.2, 0.25) is 0 Å². The SMILES string of the molecule is NC(N)=NCCC[C@H](C(=O)NCC(=O)O)N(Cc1ccc2ncccc2c1)C(=O)C(c1ccccc1)c1ccccc1. The summed E-state index contributed by atoms with van der Waals surface area (Å²) in [6.45, 7) is -0.226. The second-order valence-corrected chi connectivity index (χ2v) is 9.83. The molecule has 0 aliphatic rings. The predicted molar refractivity (Wildman–Crippen MR) is 161 cm³/mol. The summed E-state index contributed by atoms with van der Waals surface area (Å²) in [5.74, 6) is -2.84. The van der Waals surface area contributed by atoms with E-state index in [2.05, 4.69) is 15.3 Å². The Morgan fingerprint density at radius 1 is 0.905 bits per heavy atom. The fourth-order valence-electron chi connectivity index (χ4n) is 4.90. The van der Waals surface area contributed by atoms with E-state index in [1.165, 1.54) is 4.90 Å². The number of aliphatic imine (C=N–C) groups is 1. The number of guanidine groups is 1. The fourth-order valence-corrected chi connectivity index (χ4v) is 4.90. The van der Waals surface area contributed by atoms with Crippen LogP contribution in [0.4, 0.5) is 0 Å². The number of hydrogen-bond donors (Lipinski definition) is 4. The van der Waals surface area contributed by atoms with Crippen molar-refractivity contribution in [1.82, 2.24) is 15.2 Å². The van der Waals surface area contributed by atoms with Crippen LogP contribution >= 0.6 is 0 Å². The first-order chi connectivity index (χ1) is 20.3. The largest absolute Gasteiger partial charge is 0.480 e. The third-order valence-corrected chi connectivity index (χ3v) is 6.84. The van der Waals surface area contributed by atoms with Gasteiger partial charge in [0, 0.05) is 24.7 Å². The Labute approximate surface area is 244 Å². The van der Waals surface area contributed by atoms with Gasteiger partial charge in [-0.05, 0) is 47.7 Å². The zero-order valence-corrected chi connectivity index (χ0v) is 23.1. The minimum absolute atomic E-state index is 0.0761. The van der Waals surface area contributed by atoms with Gasteiger partial charge < -0.3 is 26.8 Å². The van der Waals surface area contributed by atoms with E-state index in [9.17, 15) is 19.5 Å². The first kappa shape index (κ1) is 29.7. The summed E-state index contributed by atoms with van der Waals surface area (Å²) in [6, 6.07) is 27.2. The summed E-state index contributed by atoms with van der Waals surface area (Å²) < 4.78 is 0. The number of nitrogens with zero attached hydrogens (tertiary/aromatic N) is 3. The average Bonchev–Trinajstić information content (AvgIpc) is 3.00. The van der Waals surface area contributed by atoms with E-state index in [1.807, 2.05) is 91.0 Å². The standard InChI is InChI=1S/C32H34N6O4/c33-32(34)36-18-8-14-27(30(41)37-20-28(39)40)38(21-22-15-16-26-25(19-22)13-7-17-35-26)31(42)29(23-9-3-1-4-10-23)24-11-5-2-6-12-24/h1-7,9-13,15-17,19,27,29H,8,14,18,20-21H2,(H,37,41)(H,39,40)(H4,33,34,36)/t27-/m1/s1. The molecule has 10 heteroatoms. The van der Waals surface area contributed by atoms with Crippen LogP contribution < -0.4 is 16.8 Å². The third-order valence-electron chi connectivity index (χ3n) is 6.84. The molecule has 0 unspecified atom stereocenters. The molecule has 1 heterocycles. The van der Waals surface area contributed by atoms with Crippen molar-refractivity contribution in [2.24, 2.45) is 16.5 Å². The molecular weight excluding hydrogens is 532 g/mol. The molecule has 0 aliphatic heterocycles. The highest BCUT2D eigenvalue weighted by Crippen LogP contribution is 2.30. The van der Waals surface area contributed by atoms with Gasteiger partial charge in [0.15, 0.2) is 5.96 Å². The molecular formula is C32H34N6O4. The van der Waals surface area contributed by atoms with Crippen LogP contribution in [0.1, 0.15) is 35.4 Å². The van der Waals surface area contributed by atoms with Gasteiger partial charge in [-0.2, -0.15) is 0 Å². The Kier molecular flexibility index (Phi) is 10.2. The van der Waals surface area contributed by atoms with Gasteiger partial charge in [0.1, 0.15) is 12.6 Å². The number of rotatable bonds is 13. The van der Waals surface area contributed by atoms with Crippen molar-refractivity contribution in [3.63, 3.8) is 0 Å². The molecule has 0 fully saturated rings. The van der Waals surface area contributed by atoms with Crippen LogP contribution in [-0.4, -0.2) is 57.9 Å². The molecule has 0 bridgehead atoms. The average molecular weight is 567 g/mol. The highest BCUT2D eigenvalue weighted by molar-refractivity contribution is 5.93. The Morgan fingerprint density at radius 3 is 2.19 bits per heavy atom. The summed E-state index contributed by atoms with van der Waals surface area (Å²) in [7, 11) is 0. The van der Waals surface area contributed by atoms with Crippen molar-refractivity contribution in [2.45, 2.75) is 31.3 Å². The van der Waals surface area contributed by atoms with E-state index in [4.69, 9.17) is 11.5 Å². The quantitative estimate of drug-likeness (QED) is 0.110. The third kappa shape index (κ3) is 7.91. The number of carbonyl (C=O) groups is 3.